The Labute approximate surface area is 157 Å². The zero-order valence-corrected chi connectivity index (χ0v) is 15.5. The second-order valence-corrected chi connectivity index (χ2v) is 6.78. The van der Waals surface area contributed by atoms with Gasteiger partial charge in [0.25, 0.3) is 0 Å². The lowest BCUT2D eigenvalue weighted by molar-refractivity contribution is -0.122. The van der Waals surface area contributed by atoms with Gasteiger partial charge in [0.05, 0.1) is 18.4 Å². The van der Waals surface area contributed by atoms with Crippen LogP contribution in [0.15, 0.2) is 42.5 Å². The first-order chi connectivity index (χ1) is 12.5. The van der Waals surface area contributed by atoms with Crippen LogP contribution >= 0.6 is 11.6 Å². The molecular formula is C20H21ClN2O3. The van der Waals surface area contributed by atoms with Crippen LogP contribution in [0.25, 0.3) is 0 Å². The first-order valence-corrected chi connectivity index (χ1v) is 8.96. The van der Waals surface area contributed by atoms with Crippen molar-refractivity contribution >= 4 is 34.8 Å². The first kappa shape index (κ1) is 18.3. The molecule has 0 heterocycles. The number of halogens is 1. The minimum atomic E-state index is -0.298. The Bertz CT molecular complexity index is 820. The Morgan fingerprint density at radius 2 is 1.73 bits per heavy atom. The zero-order valence-electron chi connectivity index (χ0n) is 14.7. The second kappa shape index (κ2) is 7.79. The van der Waals surface area contributed by atoms with Crippen LogP contribution in [0.2, 0.25) is 5.02 Å². The van der Waals surface area contributed by atoms with E-state index in [9.17, 15) is 9.59 Å². The van der Waals surface area contributed by atoms with E-state index in [1.165, 1.54) is 0 Å². The SMILES string of the molecule is CCOc1ccc(NC(=O)C2CC2C(=O)Nc2ccc(Cl)cc2C)cc1. The van der Waals surface area contributed by atoms with E-state index in [4.69, 9.17) is 16.3 Å². The van der Waals surface area contributed by atoms with Gasteiger partial charge in [0.2, 0.25) is 11.8 Å². The molecule has 0 aliphatic heterocycles. The number of ether oxygens (including phenoxy) is 1. The molecule has 3 rings (SSSR count). The third kappa shape index (κ3) is 4.35. The van der Waals surface area contributed by atoms with Crippen molar-refractivity contribution in [2.24, 2.45) is 11.8 Å². The quantitative estimate of drug-likeness (QED) is 0.796. The summed E-state index contributed by atoms with van der Waals surface area (Å²) in [7, 11) is 0. The maximum absolute atomic E-state index is 12.4. The molecule has 0 saturated heterocycles. The molecule has 6 heteroatoms. The van der Waals surface area contributed by atoms with E-state index in [1.807, 2.05) is 13.8 Å². The average Bonchev–Trinajstić information content (AvgIpc) is 3.40. The van der Waals surface area contributed by atoms with E-state index in [1.54, 1.807) is 42.5 Å². The van der Waals surface area contributed by atoms with Crippen molar-refractivity contribution in [3.63, 3.8) is 0 Å². The van der Waals surface area contributed by atoms with E-state index >= 15 is 0 Å². The molecule has 1 aliphatic carbocycles. The molecule has 0 bridgehead atoms. The first-order valence-electron chi connectivity index (χ1n) is 8.58. The lowest BCUT2D eigenvalue weighted by Gasteiger charge is -2.09. The van der Waals surface area contributed by atoms with Gasteiger partial charge in [-0.3, -0.25) is 9.59 Å². The summed E-state index contributed by atoms with van der Waals surface area (Å²) in [5.74, 6) is -0.112. The molecule has 0 aromatic heterocycles. The van der Waals surface area contributed by atoms with E-state index in [0.717, 1.165) is 17.0 Å². The van der Waals surface area contributed by atoms with Crippen molar-refractivity contribution in [2.45, 2.75) is 20.3 Å². The highest BCUT2D eigenvalue weighted by molar-refractivity contribution is 6.30. The van der Waals surface area contributed by atoms with Gasteiger partial charge in [0.15, 0.2) is 0 Å². The van der Waals surface area contributed by atoms with Gasteiger partial charge in [-0.15, -0.1) is 0 Å². The number of hydrogen-bond donors (Lipinski definition) is 2. The number of aryl methyl sites for hydroxylation is 1. The minimum absolute atomic E-state index is 0.137. The fraction of sp³-hybridized carbons (Fsp3) is 0.300. The summed E-state index contributed by atoms with van der Waals surface area (Å²) in [5, 5.41) is 6.35. The van der Waals surface area contributed by atoms with Crippen LogP contribution < -0.4 is 15.4 Å². The summed E-state index contributed by atoms with van der Waals surface area (Å²) in [6.45, 7) is 4.39. The summed E-state index contributed by atoms with van der Waals surface area (Å²) in [4.78, 5) is 24.7. The number of hydrogen-bond acceptors (Lipinski definition) is 3. The molecule has 2 N–H and O–H groups in total. The number of anilines is 2. The van der Waals surface area contributed by atoms with Crippen LogP contribution in [0.3, 0.4) is 0 Å². The van der Waals surface area contributed by atoms with Crippen LogP contribution in [0.5, 0.6) is 5.75 Å². The Morgan fingerprint density at radius 1 is 1.08 bits per heavy atom. The van der Waals surface area contributed by atoms with Crippen molar-refractivity contribution in [3.8, 4) is 5.75 Å². The highest BCUT2D eigenvalue weighted by Gasteiger charge is 2.48. The molecule has 2 aromatic carbocycles. The van der Waals surface area contributed by atoms with Gasteiger partial charge in [-0.2, -0.15) is 0 Å². The molecule has 1 aliphatic rings. The number of carbonyl (C=O) groups is 2. The second-order valence-electron chi connectivity index (χ2n) is 6.34. The molecule has 0 spiro atoms. The third-order valence-corrected chi connectivity index (χ3v) is 4.58. The Hall–Kier alpha value is -2.53. The van der Waals surface area contributed by atoms with E-state index < -0.39 is 0 Å². The van der Waals surface area contributed by atoms with E-state index in [0.29, 0.717) is 23.7 Å². The normalized spacial score (nSPS) is 18.1. The molecule has 1 saturated carbocycles. The molecular weight excluding hydrogens is 352 g/mol. The number of nitrogens with one attached hydrogen (secondary N) is 2. The molecule has 5 nitrogen and oxygen atoms in total. The minimum Gasteiger partial charge on any atom is -0.494 e. The molecule has 26 heavy (non-hydrogen) atoms. The summed E-state index contributed by atoms with van der Waals surface area (Å²) < 4.78 is 5.37. The standard InChI is InChI=1S/C20H21ClN2O3/c1-3-26-15-7-5-14(6-8-15)22-19(24)16-11-17(16)20(25)23-18-9-4-13(21)10-12(18)2/h4-10,16-17H,3,11H2,1-2H3,(H,22,24)(H,23,25). The fourth-order valence-electron chi connectivity index (χ4n) is 2.80. The summed E-state index contributed by atoms with van der Waals surface area (Å²) in [6, 6.07) is 12.5. The number of rotatable bonds is 6. The summed E-state index contributed by atoms with van der Waals surface area (Å²) >= 11 is 5.92. The van der Waals surface area contributed by atoms with Gasteiger partial charge in [-0.25, -0.2) is 0 Å². The number of amides is 2. The highest BCUT2D eigenvalue weighted by Crippen LogP contribution is 2.40. The van der Waals surface area contributed by atoms with Crippen LogP contribution in [-0.2, 0) is 9.59 Å². The predicted octanol–water partition coefficient (Wildman–Crippen LogP) is 4.26. The van der Waals surface area contributed by atoms with Crippen molar-refractivity contribution in [1.82, 2.24) is 0 Å². The van der Waals surface area contributed by atoms with Crippen molar-refractivity contribution < 1.29 is 14.3 Å². The Balaban J connectivity index is 1.53. The Morgan fingerprint density at radius 3 is 2.35 bits per heavy atom. The molecule has 2 amide bonds. The maximum Gasteiger partial charge on any atom is 0.228 e. The van der Waals surface area contributed by atoms with Gasteiger partial charge in [-0.05, 0) is 68.3 Å². The maximum atomic E-state index is 12.4. The summed E-state index contributed by atoms with van der Waals surface area (Å²) in [5.41, 5.74) is 2.30. The van der Waals surface area contributed by atoms with Crippen LogP contribution in [0, 0.1) is 18.8 Å². The average molecular weight is 373 g/mol. The number of benzene rings is 2. The summed E-state index contributed by atoms with van der Waals surface area (Å²) in [6.07, 6.45) is 0.557. The van der Waals surface area contributed by atoms with E-state index in [2.05, 4.69) is 10.6 Å². The van der Waals surface area contributed by atoms with Gasteiger partial charge < -0.3 is 15.4 Å². The van der Waals surface area contributed by atoms with Crippen LogP contribution in [0.1, 0.15) is 18.9 Å². The van der Waals surface area contributed by atoms with Crippen molar-refractivity contribution in [1.29, 1.82) is 0 Å². The zero-order chi connectivity index (χ0) is 18.7. The largest absolute Gasteiger partial charge is 0.494 e. The topological polar surface area (TPSA) is 67.4 Å². The van der Waals surface area contributed by atoms with E-state index in [-0.39, 0.29) is 23.7 Å². The lowest BCUT2D eigenvalue weighted by Crippen LogP contribution is -2.20. The molecule has 2 unspecified atom stereocenters. The monoisotopic (exact) mass is 372 g/mol. The Kier molecular flexibility index (Phi) is 5.47. The highest BCUT2D eigenvalue weighted by atomic mass is 35.5. The number of carbonyl (C=O) groups excluding carboxylic acids is 2. The molecule has 2 atom stereocenters. The van der Waals surface area contributed by atoms with Gasteiger partial charge in [0, 0.05) is 16.4 Å². The molecule has 136 valence electrons. The van der Waals surface area contributed by atoms with Crippen LogP contribution in [-0.4, -0.2) is 18.4 Å². The van der Waals surface area contributed by atoms with Crippen molar-refractivity contribution in [3.05, 3.63) is 53.1 Å². The van der Waals surface area contributed by atoms with Crippen LogP contribution in [0.4, 0.5) is 11.4 Å². The van der Waals surface area contributed by atoms with Gasteiger partial charge in [0.1, 0.15) is 5.75 Å². The molecule has 1 fully saturated rings. The van der Waals surface area contributed by atoms with Gasteiger partial charge >= 0.3 is 0 Å². The third-order valence-electron chi connectivity index (χ3n) is 4.34. The van der Waals surface area contributed by atoms with Gasteiger partial charge in [-0.1, -0.05) is 11.6 Å². The smallest absolute Gasteiger partial charge is 0.228 e. The lowest BCUT2D eigenvalue weighted by atomic mass is 10.2. The predicted molar refractivity (Wildman–Crippen MR) is 103 cm³/mol. The fourth-order valence-corrected chi connectivity index (χ4v) is 3.03. The van der Waals surface area contributed by atoms with Crippen molar-refractivity contribution in [2.75, 3.05) is 17.2 Å². The molecule has 0 radical (unpaired) electrons. The molecule has 2 aromatic rings.